The molecule has 2 saturated heterocycles. The number of ketones is 1. The van der Waals surface area contributed by atoms with Crippen molar-refractivity contribution in [3.8, 4) is 17.0 Å². The third-order valence-corrected chi connectivity index (χ3v) is 8.49. The van der Waals surface area contributed by atoms with Crippen molar-refractivity contribution >= 4 is 34.1 Å². The summed E-state index contributed by atoms with van der Waals surface area (Å²) in [6.07, 6.45) is 2.88. The lowest BCUT2D eigenvalue weighted by Crippen LogP contribution is -2.52. The number of anilines is 3. The van der Waals surface area contributed by atoms with E-state index in [1.165, 1.54) is 26.2 Å². The standard InChI is InChI=1S/C32H34F2N6O4/c1-19(41)28-30(40-10-8-22(9-11-40)39-14-12-38(2)13-15-39)24-7-5-21(17-27(24)44-31(28)42)36-32-35-18-25(34)29(37-32)23-6-4-20(33)16-26(23)43-3/h4-7,16-18,22H,8-15H2,1-3H3,(H,35,36,37). The largest absolute Gasteiger partial charge is 0.496 e. The minimum Gasteiger partial charge on any atom is -0.496 e. The molecule has 230 valence electrons. The van der Waals surface area contributed by atoms with Gasteiger partial charge in [-0.25, -0.2) is 23.5 Å². The molecule has 2 aromatic heterocycles. The van der Waals surface area contributed by atoms with Crippen molar-refractivity contribution in [2.24, 2.45) is 0 Å². The number of carbonyl (C=O) groups is 1. The molecular weight excluding hydrogens is 570 g/mol. The third-order valence-electron chi connectivity index (χ3n) is 8.49. The average molecular weight is 605 g/mol. The van der Waals surface area contributed by atoms with Gasteiger partial charge in [0, 0.05) is 74.1 Å². The third kappa shape index (κ3) is 5.87. The summed E-state index contributed by atoms with van der Waals surface area (Å²) in [6.45, 7) is 7.02. The van der Waals surface area contributed by atoms with Crippen molar-refractivity contribution in [3.63, 3.8) is 0 Å². The Morgan fingerprint density at radius 2 is 1.80 bits per heavy atom. The first-order chi connectivity index (χ1) is 21.2. The number of ether oxygens (including phenoxy) is 1. The first kappa shape index (κ1) is 29.6. The fourth-order valence-electron chi connectivity index (χ4n) is 6.15. The van der Waals surface area contributed by atoms with Gasteiger partial charge >= 0.3 is 5.63 Å². The van der Waals surface area contributed by atoms with Gasteiger partial charge in [0.1, 0.15) is 28.4 Å². The van der Waals surface area contributed by atoms with E-state index in [-0.39, 0.29) is 34.3 Å². The molecule has 0 aliphatic carbocycles. The number of likely N-dealkylation sites (N-methyl/N-ethyl adjacent to an activating group) is 1. The van der Waals surface area contributed by atoms with Gasteiger partial charge in [0.25, 0.3) is 0 Å². The van der Waals surface area contributed by atoms with Gasteiger partial charge in [-0.2, -0.15) is 0 Å². The molecule has 0 bridgehead atoms. The SMILES string of the molecule is COc1cc(F)ccc1-c1nc(Nc2ccc3c(N4CCC(N5CCN(C)CC5)CC4)c(C(C)=O)c(=O)oc3c2)ncc1F. The lowest BCUT2D eigenvalue weighted by Gasteiger charge is -2.43. The molecule has 6 rings (SSSR count). The van der Waals surface area contributed by atoms with Crippen molar-refractivity contribution in [1.29, 1.82) is 0 Å². The van der Waals surface area contributed by atoms with Gasteiger partial charge in [-0.05, 0) is 51.1 Å². The van der Waals surface area contributed by atoms with Crippen molar-refractivity contribution in [1.82, 2.24) is 19.8 Å². The summed E-state index contributed by atoms with van der Waals surface area (Å²) in [5, 5.41) is 3.68. The van der Waals surface area contributed by atoms with Crippen LogP contribution in [0.1, 0.15) is 30.1 Å². The molecule has 2 fully saturated rings. The van der Waals surface area contributed by atoms with Crippen molar-refractivity contribution in [3.05, 3.63) is 70.2 Å². The molecule has 0 saturated carbocycles. The molecule has 1 N–H and O–H groups in total. The molecule has 2 aromatic carbocycles. The van der Waals surface area contributed by atoms with E-state index < -0.39 is 17.3 Å². The van der Waals surface area contributed by atoms with Gasteiger partial charge in [-0.1, -0.05) is 0 Å². The Bertz CT molecular complexity index is 1760. The number of nitrogens with one attached hydrogen (secondary N) is 1. The summed E-state index contributed by atoms with van der Waals surface area (Å²) in [5.41, 5.74) is 0.927. The number of methoxy groups -OCH3 is 1. The highest BCUT2D eigenvalue weighted by Crippen LogP contribution is 2.35. The van der Waals surface area contributed by atoms with E-state index in [1.807, 2.05) is 0 Å². The van der Waals surface area contributed by atoms with E-state index in [0.29, 0.717) is 28.4 Å². The molecule has 0 atom stereocenters. The number of rotatable bonds is 7. The summed E-state index contributed by atoms with van der Waals surface area (Å²) < 4.78 is 39.3. The van der Waals surface area contributed by atoms with Crippen LogP contribution >= 0.6 is 0 Å². The second-order valence-corrected chi connectivity index (χ2v) is 11.3. The number of aromatic nitrogens is 2. The van der Waals surface area contributed by atoms with Crippen molar-refractivity contribution in [2.75, 3.05) is 63.6 Å². The van der Waals surface area contributed by atoms with Crippen LogP contribution in [0.4, 0.5) is 26.1 Å². The maximum atomic E-state index is 14.7. The molecule has 10 nitrogen and oxygen atoms in total. The first-order valence-corrected chi connectivity index (χ1v) is 14.6. The lowest BCUT2D eigenvalue weighted by atomic mass is 9.99. The Kier molecular flexibility index (Phi) is 8.28. The summed E-state index contributed by atoms with van der Waals surface area (Å²) >= 11 is 0. The summed E-state index contributed by atoms with van der Waals surface area (Å²) in [7, 11) is 3.51. The van der Waals surface area contributed by atoms with E-state index in [1.54, 1.807) is 18.2 Å². The van der Waals surface area contributed by atoms with Gasteiger partial charge in [0.05, 0.1) is 19.0 Å². The van der Waals surface area contributed by atoms with Crippen LogP contribution in [-0.2, 0) is 0 Å². The molecule has 44 heavy (non-hydrogen) atoms. The topological polar surface area (TPSA) is 104 Å². The zero-order chi connectivity index (χ0) is 31.0. The van der Waals surface area contributed by atoms with Crippen LogP contribution in [0.25, 0.3) is 22.2 Å². The number of nitrogens with zero attached hydrogens (tertiary/aromatic N) is 5. The van der Waals surface area contributed by atoms with Crippen LogP contribution in [0, 0.1) is 11.6 Å². The minimum atomic E-state index is -0.706. The Balaban J connectivity index is 1.29. The molecule has 0 spiro atoms. The number of piperazine rings is 1. The molecule has 4 aromatic rings. The zero-order valence-electron chi connectivity index (χ0n) is 24.9. The Labute approximate surface area is 253 Å². The number of Topliss-reactive ketones (excluding diaryl/α,β-unsaturated/α-hetero) is 1. The van der Waals surface area contributed by atoms with Gasteiger partial charge in [-0.15, -0.1) is 0 Å². The fraction of sp³-hybridized carbons (Fsp3) is 0.375. The summed E-state index contributed by atoms with van der Waals surface area (Å²) in [4.78, 5) is 41.2. The monoisotopic (exact) mass is 604 g/mol. The van der Waals surface area contributed by atoms with Crippen LogP contribution in [0.5, 0.6) is 5.75 Å². The van der Waals surface area contributed by atoms with Crippen LogP contribution in [0.2, 0.25) is 0 Å². The number of piperidine rings is 1. The average Bonchev–Trinajstić information content (AvgIpc) is 3.01. The van der Waals surface area contributed by atoms with Crippen LogP contribution < -0.4 is 20.6 Å². The summed E-state index contributed by atoms with van der Waals surface area (Å²) in [6, 6.07) is 9.39. The van der Waals surface area contributed by atoms with Crippen LogP contribution in [-0.4, -0.2) is 85.0 Å². The second kappa shape index (κ2) is 12.3. The van der Waals surface area contributed by atoms with Crippen molar-refractivity contribution < 1.29 is 22.7 Å². The number of halogens is 2. The highest BCUT2D eigenvalue weighted by molar-refractivity contribution is 6.07. The van der Waals surface area contributed by atoms with Crippen LogP contribution in [0.3, 0.4) is 0 Å². The molecule has 0 radical (unpaired) electrons. The van der Waals surface area contributed by atoms with Gasteiger partial charge in [-0.3, -0.25) is 9.69 Å². The van der Waals surface area contributed by atoms with E-state index in [2.05, 4.69) is 37.0 Å². The Morgan fingerprint density at radius 1 is 1.05 bits per heavy atom. The summed E-state index contributed by atoms with van der Waals surface area (Å²) in [5.74, 6) is -1.38. The molecule has 2 aliphatic heterocycles. The minimum absolute atomic E-state index is 0.0519. The van der Waals surface area contributed by atoms with E-state index in [0.717, 1.165) is 64.4 Å². The second-order valence-electron chi connectivity index (χ2n) is 11.3. The Hall–Kier alpha value is -4.42. The predicted molar refractivity (Wildman–Crippen MR) is 164 cm³/mol. The molecule has 0 unspecified atom stereocenters. The number of benzene rings is 2. The van der Waals surface area contributed by atoms with Crippen LogP contribution in [0.15, 0.2) is 51.8 Å². The highest BCUT2D eigenvalue weighted by Gasteiger charge is 2.30. The molecular formula is C32H34F2N6O4. The number of fused-ring (bicyclic) bond motifs is 1. The van der Waals surface area contributed by atoms with E-state index >= 15 is 0 Å². The smallest absolute Gasteiger partial charge is 0.349 e. The number of carbonyl (C=O) groups excluding carboxylic acids is 1. The van der Waals surface area contributed by atoms with E-state index in [4.69, 9.17) is 9.15 Å². The normalized spacial score (nSPS) is 16.8. The van der Waals surface area contributed by atoms with E-state index in [9.17, 15) is 18.4 Å². The zero-order valence-corrected chi connectivity index (χ0v) is 24.9. The molecule has 0 amide bonds. The maximum Gasteiger partial charge on any atom is 0.349 e. The molecule has 12 heteroatoms. The van der Waals surface area contributed by atoms with Gasteiger partial charge in [0.15, 0.2) is 11.6 Å². The van der Waals surface area contributed by atoms with Crippen molar-refractivity contribution in [2.45, 2.75) is 25.8 Å². The lowest BCUT2D eigenvalue weighted by molar-refractivity contribution is 0.0979. The first-order valence-electron chi connectivity index (χ1n) is 14.6. The quantitative estimate of drug-likeness (QED) is 0.236. The highest BCUT2D eigenvalue weighted by atomic mass is 19.1. The molecule has 2 aliphatic rings. The predicted octanol–water partition coefficient (Wildman–Crippen LogP) is 4.70. The van der Waals surface area contributed by atoms with Gasteiger partial charge < -0.3 is 24.3 Å². The maximum absolute atomic E-state index is 14.7. The fourth-order valence-corrected chi connectivity index (χ4v) is 6.15. The number of hydrogen-bond acceptors (Lipinski definition) is 10. The molecule has 4 heterocycles. The number of hydrogen-bond donors (Lipinski definition) is 1. The van der Waals surface area contributed by atoms with Gasteiger partial charge in [0.2, 0.25) is 5.95 Å². The Morgan fingerprint density at radius 3 is 2.50 bits per heavy atom.